The zero-order chi connectivity index (χ0) is 10.0. The first-order valence-corrected chi connectivity index (χ1v) is 4.83. The van der Waals surface area contributed by atoms with E-state index in [0.29, 0.717) is 12.4 Å². The zero-order valence-corrected chi connectivity index (χ0v) is 8.07. The molecule has 1 aliphatic rings. The van der Waals surface area contributed by atoms with Gasteiger partial charge in [0.05, 0.1) is 6.61 Å². The van der Waals surface area contributed by atoms with Gasteiger partial charge in [-0.25, -0.2) is 0 Å². The summed E-state index contributed by atoms with van der Waals surface area (Å²) >= 11 is 0. The Hall–Kier alpha value is -1.06. The highest BCUT2D eigenvalue weighted by atomic mass is 16.5. The summed E-state index contributed by atoms with van der Waals surface area (Å²) in [6.45, 7) is 1.36. The molecule has 2 rings (SSSR count). The summed E-state index contributed by atoms with van der Waals surface area (Å²) < 4.78 is 5.28. The lowest BCUT2D eigenvalue weighted by atomic mass is 9.91. The minimum atomic E-state index is -0.242. The summed E-state index contributed by atoms with van der Waals surface area (Å²) in [5.74, 6) is 0.296. The van der Waals surface area contributed by atoms with Gasteiger partial charge in [-0.1, -0.05) is 12.1 Å². The molecule has 1 heterocycles. The van der Waals surface area contributed by atoms with E-state index < -0.39 is 0 Å². The van der Waals surface area contributed by atoms with Crippen LogP contribution in [0, 0.1) is 0 Å². The summed E-state index contributed by atoms with van der Waals surface area (Å²) in [5, 5.41) is 9.30. The van der Waals surface area contributed by atoms with Gasteiger partial charge in [0.1, 0.15) is 5.75 Å². The average Bonchev–Trinajstić information content (AvgIpc) is 2.51. The molecule has 76 valence electrons. The van der Waals surface area contributed by atoms with Crippen molar-refractivity contribution in [2.75, 3.05) is 13.2 Å². The summed E-state index contributed by atoms with van der Waals surface area (Å²) in [5.41, 5.74) is 6.96. The van der Waals surface area contributed by atoms with Gasteiger partial charge in [0, 0.05) is 12.1 Å². The maximum atomic E-state index is 9.30. The third-order valence-electron chi connectivity index (χ3n) is 2.60. The summed E-state index contributed by atoms with van der Waals surface area (Å²) in [6.07, 6.45) is 1.66. The van der Waals surface area contributed by atoms with Crippen LogP contribution in [-0.4, -0.2) is 23.9 Å². The number of ether oxygens (including phenoxy) is 1. The fourth-order valence-electron chi connectivity index (χ4n) is 1.84. The third kappa shape index (κ3) is 2.05. The summed E-state index contributed by atoms with van der Waals surface area (Å²) in [7, 11) is 0. The molecule has 1 atom stereocenters. The first kappa shape index (κ1) is 9.49. The van der Waals surface area contributed by atoms with E-state index in [-0.39, 0.29) is 5.54 Å². The van der Waals surface area contributed by atoms with E-state index in [1.165, 1.54) is 0 Å². The number of nitrogens with two attached hydrogens (primary N) is 1. The highest BCUT2D eigenvalue weighted by Gasteiger charge is 2.30. The van der Waals surface area contributed by atoms with Crippen molar-refractivity contribution in [3.8, 4) is 5.75 Å². The molecule has 0 aliphatic carbocycles. The lowest BCUT2D eigenvalue weighted by molar-refractivity contribution is 0.178. The number of aromatic hydroxyl groups is 1. The van der Waals surface area contributed by atoms with E-state index in [0.717, 1.165) is 25.0 Å². The van der Waals surface area contributed by atoms with Gasteiger partial charge in [0.25, 0.3) is 0 Å². The lowest BCUT2D eigenvalue weighted by Gasteiger charge is -2.21. The fourth-order valence-corrected chi connectivity index (χ4v) is 1.84. The maximum absolute atomic E-state index is 9.30. The molecule has 0 radical (unpaired) electrons. The van der Waals surface area contributed by atoms with Gasteiger partial charge in [-0.2, -0.15) is 0 Å². The number of phenolic OH excluding ortho intramolecular Hbond substituents is 1. The van der Waals surface area contributed by atoms with E-state index in [9.17, 15) is 5.11 Å². The SMILES string of the molecule is NC1(Cc2cccc(O)c2)CCOC1. The fraction of sp³-hybridized carbons (Fsp3) is 0.455. The monoisotopic (exact) mass is 193 g/mol. The second-order valence-corrected chi connectivity index (χ2v) is 4.01. The largest absolute Gasteiger partial charge is 0.508 e. The van der Waals surface area contributed by atoms with E-state index >= 15 is 0 Å². The molecular formula is C11H15NO2. The van der Waals surface area contributed by atoms with Crippen molar-refractivity contribution in [3.63, 3.8) is 0 Å². The van der Waals surface area contributed by atoms with Gasteiger partial charge >= 0.3 is 0 Å². The number of rotatable bonds is 2. The van der Waals surface area contributed by atoms with E-state index in [1.54, 1.807) is 12.1 Å². The number of phenols is 1. The Morgan fingerprint density at radius 2 is 2.36 bits per heavy atom. The lowest BCUT2D eigenvalue weighted by Crippen LogP contribution is -2.42. The predicted molar refractivity (Wildman–Crippen MR) is 54.2 cm³/mol. The van der Waals surface area contributed by atoms with Gasteiger partial charge in [-0.3, -0.25) is 0 Å². The van der Waals surface area contributed by atoms with Crippen LogP contribution < -0.4 is 5.73 Å². The van der Waals surface area contributed by atoms with Crippen molar-refractivity contribution >= 4 is 0 Å². The van der Waals surface area contributed by atoms with Crippen LogP contribution in [0.5, 0.6) is 5.75 Å². The molecule has 3 nitrogen and oxygen atoms in total. The first-order valence-electron chi connectivity index (χ1n) is 4.83. The number of hydrogen-bond donors (Lipinski definition) is 2. The topological polar surface area (TPSA) is 55.5 Å². The standard InChI is InChI=1S/C11H15NO2/c12-11(4-5-14-8-11)7-9-2-1-3-10(13)6-9/h1-3,6,13H,4-5,7-8,12H2. The first-order chi connectivity index (χ1) is 6.68. The van der Waals surface area contributed by atoms with Crippen molar-refractivity contribution in [2.24, 2.45) is 5.73 Å². The second-order valence-electron chi connectivity index (χ2n) is 4.01. The Labute approximate surface area is 83.5 Å². The smallest absolute Gasteiger partial charge is 0.115 e. The van der Waals surface area contributed by atoms with Gasteiger partial charge in [0.15, 0.2) is 0 Å². The molecule has 0 amide bonds. The highest BCUT2D eigenvalue weighted by Crippen LogP contribution is 2.22. The van der Waals surface area contributed by atoms with Crippen molar-refractivity contribution in [3.05, 3.63) is 29.8 Å². The highest BCUT2D eigenvalue weighted by molar-refractivity contribution is 5.28. The molecule has 3 N–H and O–H groups in total. The minimum absolute atomic E-state index is 0.242. The third-order valence-corrected chi connectivity index (χ3v) is 2.60. The molecule has 1 aromatic rings. The van der Waals surface area contributed by atoms with Crippen molar-refractivity contribution in [1.82, 2.24) is 0 Å². The minimum Gasteiger partial charge on any atom is -0.508 e. The van der Waals surface area contributed by atoms with Crippen LogP contribution in [0.1, 0.15) is 12.0 Å². The molecule has 1 fully saturated rings. The van der Waals surface area contributed by atoms with Crippen LogP contribution in [0.25, 0.3) is 0 Å². The Morgan fingerprint density at radius 1 is 1.50 bits per heavy atom. The van der Waals surface area contributed by atoms with Crippen LogP contribution in [-0.2, 0) is 11.2 Å². The molecule has 1 aliphatic heterocycles. The number of hydrogen-bond acceptors (Lipinski definition) is 3. The molecule has 0 saturated carbocycles. The Morgan fingerprint density at radius 3 is 3.00 bits per heavy atom. The van der Waals surface area contributed by atoms with E-state index in [4.69, 9.17) is 10.5 Å². The maximum Gasteiger partial charge on any atom is 0.115 e. The Bertz CT molecular complexity index is 319. The normalized spacial score (nSPS) is 26.6. The molecule has 14 heavy (non-hydrogen) atoms. The van der Waals surface area contributed by atoms with E-state index in [2.05, 4.69) is 0 Å². The van der Waals surface area contributed by atoms with Crippen molar-refractivity contribution in [2.45, 2.75) is 18.4 Å². The Balaban J connectivity index is 2.10. The number of benzene rings is 1. The molecule has 1 saturated heterocycles. The predicted octanol–water partition coefficient (Wildman–Crippen LogP) is 1.05. The molecule has 0 aromatic heterocycles. The quantitative estimate of drug-likeness (QED) is 0.738. The second kappa shape index (κ2) is 3.59. The molecule has 3 heteroatoms. The van der Waals surface area contributed by atoms with E-state index in [1.807, 2.05) is 12.1 Å². The van der Waals surface area contributed by atoms with Crippen LogP contribution in [0.3, 0.4) is 0 Å². The summed E-state index contributed by atoms with van der Waals surface area (Å²) in [4.78, 5) is 0. The molecular weight excluding hydrogens is 178 g/mol. The molecule has 1 aromatic carbocycles. The van der Waals surface area contributed by atoms with Gasteiger partial charge in [-0.05, 0) is 30.5 Å². The zero-order valence-electron chi connectivity index (χ0n) is 8.07. The summed E-state index contributed by atoms with van der Waals surface area (Å²) in [6, 6.07) is 7.24. The molecule has 0 spiro atoms. The average molecular weight is 193 g/mol. The molecule has 1 unspecified atom stereocenters. The van der Waals surface area contributed by atoms with Crippen molar-refractivity contribution in [1.29, 1.82) is 0 Å². The Kier molecular flexibility index (Phi) is 2.44. The van der Waals surface area contributed by atoms with Crippen LogP contribution >= 0.6 is 0 Å². The van der Waals surface area contributed by atoms with Gasteiger partial charge < -0.3 is 15.6 Å². The van der Waals surface area contributed by atoms with Crippen LogP contribution in [0.4, 0.5) is 0 Å². The molecule has 0 bridgehead atoms. The van der Waals surface area contributed by atoms with Crippen LogP contribution in [0.2, 0.25) is 0 Å². The van der Waals surface area contributed by atoms with Crippen molar-refractivity contribution < 1.29 is 9.84 Å². The van der Waals surface area contributed by atoms with Gasteiger partial charge in [-0.15, -0.1) is 0 Å². The van der Waals surface area contributed by atoms with Gasteiger partial charge in [0.2, 0.25) is 0 Å². The van der Waals surface area contributed by atoms with Crippen LogP contribution in [0.15, 0.2) is 24.3 Å².